The molecule has 0 saturated carbocycles. The maximum atomic E-state index is 12.5. The predicted octanol–water partition coefficient (Wildman–Crippen LogP) is 2.23. The van der Waals surface area contributed by atoms with Crippen molar-refractivity contribution in [2.75, 3.05) is 13.2 Å². The zero-order chi connectivity index (χ0) is 18.3. The van der Waals surface area contributed by atoms with Crippen LogP contribution in [0, 0.1) is 6.92 Å². The summed E-state index contributed by atoms with van der Waals surface area (Å²) in [6.45, 7) is 2.20. The molecule has 6 nitrogen and oxygen atoms in total. The second-order valence-electron chi connectivity index (χ2n) is 6.54. The first-order valence-corrected chi connectivity index (χ1v) is 8.52. The first-order valence-electron chi connectivity index (χ1n) is 8.52. The highest BCUT2D eigenvalue weighted by Gasteiger charge is 2.36. The molecule has 0 aliphatic carbocycles. The third-order valence-corrected chi connectivity index (χ3v) is 4.72. The standard InChI is InChI=1S/C20H18N2O4/c1-12-6-7-17-15(10-12)16(8-9-26-17)21-18(23)11-22-19(24)13-4-2-3-5-14(13)20(22)25/h2-7,10,16H,8-9,11H2,1H3,(H,21,23). The van der Waals surface area contributed by atoms with Crippen LogP contribution in [0.4, 0.5) is 0 Å². The zero-order valence-corrected chi connectivity index (χ0v) is 14.3. The van der Waals surface area contributed by atoms with Crippen LogP contribution in [0.2, 0.25) is 0 Å². The second-order valence-corrected chi connectivity index (χ2v) is 6.54. The van der Waals surface area contributed by atoms with Crippen molar-refractivity contribution in [2.45, 2.75) is 19.4 Å². The van der Waals surface area contributed by atoms with Gasteiger partial charge in [-0.1, -0.05) is 29.8 Å². The summed E-state index contributed by atoms with van der Waals surface area (Å²) in [6, 6.07) is 12.3. The summed E-state index contributed by atoms with van der Waals surface area (Å²) in [5.74, 6) is -0.459. The number of rotatable bonds is 3. The van der Waals surface area contributed by atoms with Crippen LogP contribution < -0.4 is 10.1 Å². The first kappa shape index (κ1) is 16.3. The van der Waals surface area contributed by atoms with Gasteiger partial charge in [-0.2, -0.15) is 0 Å². The Morgan fingerprint density at radius 1 is 1.15 bits per heavy atom. The van der Waals surface area contributed by atoms with E-state index in [-0.39, 0.29) is 18.5 Å². The molecular weight excluding hydrogens is 332 g/mol. The van der Waals surface area contributed by atoms with Crippen LogP contribution in [0.3, 0.4) is 0 Å². The van der Waals surface area contributed by atoms with Crippen LogP contribution in [0.5, 0.6) is 5.75 Å². The number of hydrogen-bond acceptors (Lipinski definition) is 4. The molecule has 2 aliphatic heterocycles. The highest BCUT2D eigenvalue weighted by molar-refractivity contribution is 6.22. The lowest BCUT2D eigenvalue weighted by Crippen LogP contribution is -2.42. The van der Waals surface area contributed by atoms with E-state index in [1.54, 1.807) is 24.3 Å². The number of aryl methyl sites for hydroxylation is 1. The molecule has 0 saturated heterocycles. The summed E-state index contributed by atoms with van der Waals surface area (Å²) in [5, 5.41) is 2.93. The molecule has 2 aliphatic rings. The van der Waals surface area contributed by atoms with Crippen molar-refractivity contribution in [1.82, 2.24) is 10.2 Å². The summed E-state index contributed by atoms with van der Waals surface area (Å²) in [5.41, 5.74) is 2.69. The monoisotopic (exact) mass is 350 g/mol. The number of ether oxygens (including phenoxy) is 1. The third-order valence-electron chi connectivity index (χ3n) is 4.72. The van der Waals surface area contributed by atoms with Gasteiger partial charge in [-0.15, -0.1) is 0 Å². The molecule has 2 heterocycles. The van der Waals surface area contributed by atoms with E-state index in [1.165, 1.54) is 0 Å². The minimum absolute atomic E-state index is 0.193. The molecule has 2 aromatic carbocycles. The van der Waals surface area contributed by atoms with Crippen molar-refractivity contribution in [2.24, 2.45) is 0 Å². The minimum atomic E-state index is -0.427. The van der Waals surface area contributed by atoms with Gasteiger partial charge in [-0.05, 0) is 25.1 Å². The molecule has 1 unspecified atom stereocenters. The first-order chi connectivity index (χ1) is 12.5. The maximum Gasteiger partial charge on any atom is 0.262 e. The van der Waals surface area contributed by atoms with Gasteiger partial charge in [0.05, 0.1) is 23.8 Å². The molecule has 2 aromatic rings. The SMILES string of the molecule is Cc1ccc2c(c1)C(NC(=O)CN1C(=O)c3ccccc3C1=O)CCO2. The Kier molecular flexibility index (Phi) is 3.95. The van der Waals surface area contributed by atoms with E-state index in [0.29, 0.717) is 24.2 Å². The van der Waals surface area contributed by atoms with Crippen LogP contribution in [0.1, 0.15) is 44.3 Å². The predicted molar refractivity (Wildman–Crippen MR) is 94.0 cm³/mol. The van der Waals surface area contributed by atoms with Crippen LogP contribution in [-0.2, 0) is 4.79 Å². The Balaban J connectivity index is 1.49. The molecule has 0 fully saturated rings. The number of carbonyl (C=O) groups excluding carboxylic acids is 3. The summed E-state index contributed by atoms with van der Waals surface area (Å²) in [7, 11) is 0. The molecule has 1 N–H and O–H groups in total. The van der Waals surface area contributed by atoms with Crippen LogP contribution in [-0.4, -0.2) is 35.8 Å². The molecule has 4 rings (SSSR count). The summed E-state index contributed by atoms with van der Waals surface area (Å²) >= 11 is 0. The van der Waals surface area contributed by atoms with Gasteiger partial charge in [0, 0.05) is 12.0 Å². The minimum Gasteiger partial charge on any atom is -0.493 e. The quantitative estimate of drug-likeness (QED) is 0.862. The average Bonchev–Trinajstić information content (AvgIpc) is 2.87. The Labute approximate surface area is 150 Å². The van der Waals surface area contributed by atoms with Crippen molar-refractivity contribution in [1.29, 1.82) is 0 Å². The summed E-state index contributed by atoms with van der Waals surface area (Å²) < 4.78 is 5.63. The number of nitrogens with one attached hydrogen (secondary N) is 1. The molecule has 6 heteroatoms. The lowest BCUT2D eigenvalue weighted by Gasteiger charge is -2.27. The lowest BCUT2D eigenvalue weighted by molar-refractivity contribution is -0.122. The van der Waals surface area contributed by atoms with Gasteiger partial charge in [-0.25, -0.2) is 0 Å². The van der Waals surface area contributed by atoms with E-state index >= 15 is 0 Å². The van der Waals surface area contributed by atoms with E-state index in [9.17, 15) is 14.4 Å². The number of carbonyl (C=O) groups is 3. The van der Waals surface area contributed by atoms with Crippen LogP contribution in [0.25, 0.3) is 0 Å². The molecule has 132 valence electrons. The van der Waals surface area contributed by atoms with Gasteiger partial charge in [0.1, 0.15) is 12.3 Å². The summed E-state index contributed by atoms with van der Waals surface area (Å²) in [6.07, 6.45) is 0.643. The van der Waals surface area contributed by atoms with Crippen LogP contribution in [0.15, 0.2) is 42.5 Å². The van der Waals surface area contributed by atoms with Gasteiger partial charge in [-0.3, -0.25) is 19.3 Å². The molecule has 0 radical (unpaired) electrons. The fourth-order valence-electron chi connectivity index (χ4n) is 3.43. The number of hydrogen-bond donors (Lipinski definition) is 1. The number of nitrogens with zero attached hydrogens (tertiary/aromatic N) is 1. The third kappa shape index (κ3) is 2.73. The lowest BCUT2D eigenvalue weighted by atomic mass is 9.98. The van der Waals surface area contributed by atoms with Gasteiger partial charge in [0.15, 0.2) is 0 Å². The Morgan fingerprint density at radius 2 is 1.85 bits per heavy atom. The molecule has 0 spiro atoms. The van der Waals surface area contributed by atoms with E-state index in [4.69, 9.17) is 4.74 Å². The molecule has 0 aromatic heterocycles. The fraction of sp³-hybridized carbons (Fsp3) is 0.250. The molecule has 1 atom stereocenters. The van der Waals surface area contributed by atoms with E-state index in [1.807, 2.05) is 25.1 Å². The fourth-order valence-corrected chi connectivity index (χ4v) is 3.43. The number of benzene rings is 2. The van der Waals surface area contributed by atoms with Crippen molar-refractivity contribution < 1.29 is 19.1 Å². The smallest absolute Gasteiger partial charge is 0.262 e. The Bertz CT molecular complexity index is 887. The van der Waals surface area contributed by atoms with Gasteiger partial charge >= 0.3 is 0 Å². The van der Waals surface area contributed by atoms with Crippen molar-refractivity contribution >= 4 is 17.7 Å². The Hall–Kier alpha value is -3.15. The van der Waals surface area contributed by atoms with E-state index in [0.717, 1.165) is 21.8 Å². The zero-order valence-electron chi connectivity index (χ0n) is 14.3. The van der Waals surface area contributed by atoms with E-state index < -0.39 is 11.8 Å². The largest absolute Gasteiger partial charge is 0.493 e. The van der Waals surface area contributed by atoms with Gasteiger partial charge < -0.3 is 10.1 Å². The molecule has 0 bridgehead atoms. The van der Waals surface area contributed by atoms with Gasteiger partial charge in [0.25, 0.3) is 11.8 Å². The number of amides is 3. The summed E-state index contributed by atoms with van der Waals surface area (Å²) in [4.78, 5) is 38.3. The van der Waals surface area contributed by atoms with E-state index in [2.05, 4.69) is 5.32 Å². The highest BCUT2D eigenvalue weighted by Crippen LogP contribution is 2.32. The van der Waals surface area contributed by atoms with Crippen molar-refractivity contribution in [3.8, 4) is 5.75 Å². The molecular formula is C20H18N2O4. The molecule has 3 amide bonds. The molecule has 26 heavy (non-hydrogen) atoms. The van der Waals surface area contributed by atoms with Crippen LogP contribution >= 0.6 is 0 Å². The van der Waals surface area contributed by atoms with Gasteiger partial charge in [0.2, 0.25) is 5.91 Å². The number of imide groups is 1. The second kappa shape index (κ2) is 6.29. The number of fused-ring (bicyclic) bond motifs is 2. The topological polar surface area (TPSA) is 75.7 Å². The maximum absolute atomic E-state index is 12.5. The Morgan fingerprint density at radius 3 is 2.54 bits per heavy atom. The highest BCUT2D eigenvalue weighted by atomic mass is 16.5. The average molecular weight is 350 g/mol. The van der Waals surface area contributed by atoms with Crippen molar-refractivity contribution in [3.05, 3.63) is 64.7 Å². The van der Waals surface area contributed by atoms with Crippen molar-refractivity contribution in [3.63, 3.8) is 0 Å². The normalized spacial score (nSPS) is 18.2.